The molecule has 0 saturated carbocycles. The molecule has 2 N–H and O–H groups in total. The van der Waals surface area contributed by atoms with Crippen molar-refractivity contribution >= 4 is 27.2 Å². The quantitative estimate of drug-likeness (QED) is 0.920. The summed E-state index contributed by atoms with van der Waals surface area (Å²) in [4.78, 5) is 9.72. The number of anilines is 1. The molecule has 3 rings (SSSR count). The second kappa shape index (κ2) is 6.94. The summed E-state index contributed by atoms with van der Waals surface area (Å²) in [5, 5.41) is 1.15. The maximum Gasteiger partial charge on any atom is 0.0951 e. The number of aromatic nitrogens is 1. The van der Waals surface area contributed by atoms with Crippen LogP contribution in [0.5, 0.6) is 0 Å². The number of rotatable bonds is 5. The first-order valence-corrected chi connectivity index (χ1v) is 9.04. The van der Waals surface area contributed by atoms with E-state index in [1.807, 2.05) is 0 Å². The van der Waals surface area contributed by atoms with Gasteiger partial charge in [0.2, 0.25) is 0 Å². The third-order valence-corrected chi connectivity index (χ3v) is 5.21. The maximum atomic E-state index is 5.63. The predicted octanol–water partition coefficient (Wildman–Crippen LogP) is 2.58. The average Bonchev–Trinajstić information content (AvgIpc) is 2.89. The molecule has 1 saturated heterocycles. The Kier molecular flexibility index (Phi) is 4.96. The number of hydrogen-bond donors (Lipinski definition) is 1. The summed E-state index contributed by atoms with van der Waals surface area (Å²) < 4.78 is 1.28. The fourth-order valence-corrected chi connectivity index (χ4v) is 4.11. The lowest BCUT2D eigenvalue weighted by Crippen LogP contribution is -2.47. The predicted molar refractivity (Wildman–Crippen MR) is 95.9 cm³/mol. The summed E-state index contributed by atoms with van der Waals surface area (Å²) in [6.45, 7) is 11.0. The molecular weight excluding hydrogens is 292 g/mol. The molecule has 1 fully saturated rings. The first-order valence-electron chi connectivity index (χ1n) is 8.22. The summed E-state index contributed by atoms with van der Waals surface area (Å²) in [7, 11) is 0. The molecule has 120 valence electrons. The Morgan fingerprint density at radius 2 is 2.00 bits per heavy atom. The number of benzene rings is 1. The molecule has 0 aliphatic carbocycles. The second-order valence-electron chi connectivity index (χ2n) is 6.48. The van der Waals surface area contributed by atoms with Crippen LogP contribution in [0.15, 0.2) is 18.2 Å². The van der Waals surface area contributed by atoms with E-state index in [9.17, 15) is 0 Å². The van der Waals surface area contributed by atoms with Crippen molar-refractivity contribution < 1.29 is 0 Å². The van der Waals surface area contributed by atoms with E-state index in [2.05, 4.69) is 46.8 Å². The van der Waals surface area contributed by atoms with Gasteiger partial charge in [-0.25, -0.2) is 4.98 Å². The largest absolute Gasteiger partial charge is 0.369 e. The fourth-order valence-electron chi connectivity index (χ4n) is 3.09. The van der Waals surface area contributed by atoms with Gasteiger partial charge >= 0.3 is 0 Å². The molecular formula is C17H26N4S. The Labute approximate surface area is 136 Å². The normalized spacial score (nSPS) is 16.8. The van der Waals surface area contributed by atoms with Crippen molar-refractivity contribution in [2.24, 2.45) is 11.7 Å². The van der Waals surface area contributed by atoms with Crippen LogP contribution < -0.4 is 10.6 Å². The van der Waals surface area contributed by atoms with E-state index in [-0.39, 0.29) is 0 Å². The number of nitrogens with zero attached hydrogens (tertiary/aromatic N) is 3. The second-order valence-corrected chi connectivity index (χ2v) is 7.60. The van der Waals surface area contributed by atoms with Crippen molar-refractivity contribution in [1.82, 2.24) is 9.88 Å². The van der Waals surface area contributed by atoms with E-state index in [1.165, 1.54) is 16.9 Å². The lowest BCUT2D eigenvalue weighted by molar-refractivity contribution is 0.231. The van der Waals surface area contributed by atoms with E-state index >= 15 is 0 Å². The van der Waals surface area contributed by atoms with E-state index < -0.39 is 0 Å². The minimum absolute atomic E-state index is 0.671. The molecule has 1 aliphatic heterocycles. The van der Waals surface area contributed by atoms with Gasteiger partial charge in [0, 0.05) is 44.8 Å². The van der Waals surface area contributed by atoms with Gasteiger partial charge < -0.3 is 10.6 Å². The SMILES string of the molecule is CC(C)CN1CCN(c2ccc3nc(CCN)sc3c2)CC1. The Morgan fingerprint density at radius 1 is 1.23 bits per heavy atom. The van der Waals surface area contributed by atoms with Gasteiger partial charge in [-0.1, -0.05) is 13.8 Å². The van der Waals surface area contributed by atoms with E-state index in [1.54, 1.807) is 11.3 Å². The highest BCUT2D eigenvalue weighted by Crippen LogP contribution is 2.28. The molecule has 0 amide bonds. The first kappa shape index (κ1) is 15.7. The monoisotopic (exact) mass is 318 g/mol. The number of piperazine rings is 1. The zero-order valence-electron chi connectivity index (χ0n) is 13.6. The van der Waals surface area contributed by atoms with Crippen LogP contribution in [0.4, 0.5) is 5.69 Å². The van der Waals surface area contributed by atoms with Crippen LogP contribution in [0.25, 0.3) is 10.2 Å². The van der Waals surface area contributed by atoms with Gasteiger partial charge in [0.05, 0.1) is 15.2 Å². The Morgan fingerprint density at radius 3 is 2.68 bits per heavy atom. The third kappa shape index (κ3) is 3.59. The van der Waals surface area contributed by atoms with Gasteiger partial charge in [-0.3, -0.25) is 4.90 Å². The summed E-state index contributed by atoms with van der Waals surface area (Å²) in [6.07, 6.45) is 0.878. The summed E-state index contributed by atoms with van der Waals surface area (Å²) >= 11 is 1.78. The molecule has 2 heterocycles. The van der Waals surface area contributed by atoms with Crippen molar-refractivity contribution in [1.29, 1.82) is 0 Å². The molecule has 1 aromatic carbocycles. The van der Waals surface area contributed by atoms with Crippen molar-refractivity contribution in [2.75, 3.05) is 44.2 Å². The summed E-state index contributed by atoms with van der Waals surface area (Å²) in [5.74, 6) is 0.751. The maximum absolute atomic E-state index is 5.63. The van der Waals surface area contributed by atoms with E-state index in [0.29, 0.717) is 6.54 Å². The number of nitrogens with two attached hydrogens (primary N) is 1. The molecule has 1 aliphatic rings. The first-order chi connectivity index (χ1) is 10.7. The smallest absolute Gasteiger partial charge is 0.0951 e. The van der Waals surface area contributed by atoms with Gasteiger partial charge in [-0.2, -0.15) is 0 Å². The van der Waals surface area contributed by atoms with Gasteiger partial charge in [0.25, 0.3) is 0 Å². The zero-order valence-corrected chi connectivity index (χ0v) is 14.4. The molecule has 0 radical (unpaired) electrons. The van der Waals surface area contributed by atoms with Crippen LogP contribution in [0, 0.1) is 5.92 Å². The van der Waals surface area contributed by atoms with Gasteiger partial charge in [0.1, 0.15) is 0 Å². The molecule has 22 heavy (non-hydrogen) atoms. The third-order valence-electron chi connectivity index (χ3n) is 4.14. The van der Waals surface area contributed by atoms with E-state index in [0.717, 1.165) is 49.0 Å². The highest BCUT2D eigenvalue weighted by atomic mass is 32.1. The Balaban J connectivity index is 1.69. The zero-order chi connectivity index (χ0) is 15.5. The molecule has 0 bridgehead atoms. The van der Waals surface area contributed by atoms with Gasteiger partial charge in [0.15, 0.2) is 0 Å². The lowest BCUT2D eigenvalue weighted by Gasteiger charge is -2.36. The summed E-state index contributed by atoms with van der Waals surface area (Å²) in [6, 6.07) is 6.67. The highest BCUT2D eigenvalue weighted by molar-refractivity contribution is 7.18. The molecule has 1 aromatic heterocycles. The minimum Gasteiger partial charge on any atom is -0.369 e. The topological polar surface area (TPSA) is 45.4 Å². The molecule has 2 aromatic rings. The minimum atomic E-state index is 0.671. The number of hydrogen-bond acceptors (Lipinski definition) is 5. The van der Waals surface area contributed by atoms with Crippen molar-refractivity contribution in [3.05, 3.63) is 23.2 Å². The van der Waals surface area contributed by atoms with Crippen molar-refractivity contribution in [3.63, 3.8) is 0 Å². The van der Waals surface area contributed by atoms with Crippen LogP contribution in [0.1, 0.15) is 18.9 Å². The van der Waals surface area contributed by atoms with E-state index in [4.69, 9.17) is 5.73 Å². The number of fused-ring (bicyclic) bond motifs is 1. The van der Waals surface area contributed by atoms with Gasteiger partial charge in [-0.15, -0.1) is 11.3 Å². The molecule has 0 atom stereocenters. The lowest BCUT2D eigenvalue weighted by atomic mass is 10.2. The Bertz CT molecular complexity index is 614. The molecule has 0 unspecified atom stereocenters. The van der Waals surface area contributed by atoms with Crippen LogP contribution >= 0.6 is 11.3 Å². The highest BCUT2D eigenvalue weighted by Gasteiger charge is 2.18. The molecule has 5 heteroatoms. The van der Waals surface area contributed by atoms with Crippen LogP contribution in [0.2, 0.25) is 0 Å². The average molecular weight is 318 g/mol. The Hall–Kier alpha value is -1.17. The summed E-state index contributed by atoms with van der Waals surface area (Å²) in [5.41, 5.74) is 8.07. The standard InChI is InChI=1S/C17H26N4S/c1-13(2)12-20-7-9-21(10-8-20)14-3-4-15-16(11-14)22-17(19-15)5-6-18/h3-4,11,13H,5-10,12,18H2,1-2H3. The van der Waals surface area contributed by atoms with Crippen LogP contribution in [0.3, 0.4) is 0 Å². The van der Waals surface area contributed by atoms with Crippen LogP contribution in [-0.2, 0) is 6.42 Å². The molecule has 0 spiro atoms. The van der Waals surface area contributed by atoms with Crippen molar-refractivity contribution in [2.45, 2.75) is 20.3 Å². The van der Waals surface area contributed by atoms with Gasteiger partial charge in [-0.05, 0) is 30.7 Å². The number of thiazole rings is 1. The molecule has 4 nitrogen and oxygen atoms in total. The van der Waals surface area contributed by atoms with Crippen molar-refractivity contribution in [3.8, 4) is 0 Å². The fraction of sp³-hybridized carbons (Fsp3) is 0.588. The van der Waals surface area contributed by atoms with Crippen LogP contribution in [-0.4, -0.2) is 49.2 Å².